The van der Waals surface area contributed by atoms with Crippen LogP contribution in [0.15, 0.2) is 60.7 Å². The van der Waals surface area contributed by atoms with Crippen LogP contribution in [-0.4, -0.2) is 29.3 Å². The van der Waals surface area contributed by atoms with Gasteiger partial charge in [0.25, 0.3) is 5.91 Å². The van der Waals surface area contributed by atoms with E-state index in [0.717, 1.165) is 15.7 Å². The number of fused-ring (bicyclic) bond motifs is 1. The Hall–Kier alpha value is -3.09. The summed E-state index contributed by atoms with van der Waals surface area (Å²) in [6.45, 7) is 1.20. The summed E-state index contributed by atoms with van der Waals surface area (Å²) in [5.74, 6) is -1.04. The molecule has 0 radical (unpaired) electrons. The molecule has 0 saturated carbocycles. The number of carbonyl (C=O) groups excluding carboxylic acids is 3. The Labute approximate surface area is 182 Å². The van der Waals surface area contributed by atoms with Crippen LogP contribution in [0.4, 0.5) is 10.5 Å². The predicted octanol–water partition coefficient (Wildman–Crippen LogP) is 4.55. The van der Waals surface area contributed by atoms with E-state index in [4.69, 9.17) is 23.2 Å². The zero-order chi connectivity index (χ0) is 21.5. The van der Waals surface area contributed by atoms with Gasteiger partial charge in [-0.2, -0.15) is 0 Å². The average molecular weight is 442 g/mol. The van der Waals surface area contributed by atoms with Crippen LogP contribution >= 0.6 is 23.2 Å². The van der Waals surface area contributed by atoms with E-state index in [2.05, 4.69) is 10.6 Å². The van der Waals surface area contributed by atoms with Crippen LogP contribution in [-0.2, 0) is 15.1 Å². The zero-order valence-corrected chi connectivity index (χ0v) is 17.4. The molecule has 0 aliphatic carbocycles. The normalized spacial score (nSPS) is 18.6. The fourth-order valence-corrected chi connectivity index (χ4v) is 4.03. The SMILES string of the molecule is CC1(c2ccc3ccccc3c2)NC(=O)N(CC(=O)Nc2cc(Cl)cc(Cl)c2)C1=O. The molecule has 1 aliphatic heterocycles. The maximum absolute atomic E-state index is 13.1. The van der Waals surface area contributed by atoms with Crippen LogP contribution in [0.5, 0.6) is 0 Å². The number of urea groups is 1. The standard InChI is InChI=1S/C22H17Cl2N3O3/c1-22(15-7-6-13-4-2-3-5-14(13)8-15)20(29)27(21(30)26-22)12-19(28)25-18-10-16(23)9-17(24)11-18/h2-11H,12H2,1H3,(H,25,28)(H,26,30). The molecule has 3 aromatic rings. The number of amides is 4. The van der Waals surface area contributed by atoms with Gasteiger partial charge >= 0.3 is 6.03 Å². The monoisotopic (exact) mass is 441 g/mol. The summed E-state index contributed by atoms with van der Waals surface area (Å²) < 4.78 is 0. The molecule has 4 amide bonds. The molecule has 30 heavy (non-hydrogen) atoms. The van der Waals surface area contributed by atoms with Gasteiger partial charge in [-0.25, -0.2) is 4.79 Å². The van der Waals surface area contributed by atoms with Gasteiger partial charge in [-0.15, -0.1) is 0 Å². The van der Waals surface area contributed by atoms with Crippen molar-refractivity contribution < 1.29 is 14.4 Å². The van der Waals surface area contributed by atoms with Crippen LogP contribution in [0, 0.1) is 0 Å². The number of halogens is 2. The van der Waals surface area contributed by atoms with E-state index < -0.39 is 29.9 Å². The second-order valence-electron chi connectivity index (χ2n) is 7.21. The van der Waals surface area contributed by atoms with Gasteiger partial charge in [0.2, 0.25) is 5.91 Å². The van der Waals surface area contributed by atoms with Crippen LogP contribution in [0.2, 0.25) is 10.0 Å². The van der Waals surface area contributed by atoms with Crippen LogP contribution in [0.25, 0.3) is 10.8 Å². The van der Waals surface area contributed by atoms with E-state index >= 15 is 0 Å². The first kappa shape index (κ1) is 20.2. The van der Waals surface area contributed by atoms with Gasteiger partial charge in [0.1, 0.15) is 12.1 Å². The maximum atomic E-state index is 13.1. The van der Waals surface area contributed by atoms with Gasteiger partial charge in [0.05, 0.1) is 0 Å². The van der Waals surface area contributed by atoms with Crippen molar-refractivity contribution in [2.75, 3.05) is 11.9 Å². The van der Waals surface area contributed by atoms with Crippen molar-refractivity contribution in [3.8, 4) is 0 Å². The highest BCUT2D eigenvalue weighted by Gasteiger charge is 2.49. The number of hydrogen-bond acceptors (Lipinski definition) is 3. The molecule has 1 atom stereocenters. The molecule has 6 nitrogen and oxygen atoms in total. The lowest BCUT2D eigenvalue weighted by atomic mass is 9.90. The highest BCUT2D eigenvalue weighted by atomic mass is 35.5. The Morgan fingerprint density at radius 3 is 2.37 bits per heavy atom. The molecule has 1 heterocycles. The molecule has 0 spiro atoms. The Kier molecular flexibility index (Phi) is 5.13. The van der Waals surface area contributed by atoms with E-state index in [1.807, 2.05) is 36.4 Å². The quantitative estimate of drug-likeness (QED) is 0.582. The fourth-order valence-electron chi connectivity index (χ4n) is 3.51. The Morgan fingerprint density at radius 1 is 1.00 bits per heavy atom. The van der Waals surface area contributed by atoms with Gasteiger partial charge in [-0.3, -0.25) is 14.5 Å². The lowest BCUT2D eigenvalue weighted by molar-refractivity contribution is -0.133. The molecule has 152 valence electrons. The van der Waals surface area contributed by atoms with Crippen molar-refractivity contribution in [2.45, 2.75) is 12.5 Å². The van der Waals surface area contributed by atoms with Gasteiger partial charge in [-0.1, -0.05) is 59.6 Å². The first-order valence-electron chi connectivity index (χ1n) is 9.15. The summed E-state index contributed by atoms with van der Waals surface area (Å²) in [7, 11) is 0. The topological polar surface area (TPSA) is 78.5 Å². The number of anilines is 1. The molecule has 1 saturated heterocycles. The van der Waals surface area contributed by atoms with Crippen LogP contribution in [0.1, 0.15) is 12.5 Å². The lowest BCUT2D eigenvalue weighted by Gasteiger charge is -2.22. The molecular formula is C22H17Cl2N3O3. The first-order valence-corrected chi connectivity index (χ1v) is 9.91. The number of carbonyl (C=O) groups is 3. The Balaban J connectivity index is 1.54. The Bertz CT molecular complexity index is 1180. The molecule has 2 N–H and O–H groups in total. The largest absolute Gasteiger partial charge is 0.325 e. The third kappa shape index (κ3) is 3.72. The minimum atomic E-state index is -1.26. The number of rotatable bonds is 4. The molecule has 1 aliphatic rings. The fraction of sp³-hybridized carbons (Fsp3) is 0.136. The molecule has 3 aromatic carbocycles. The minimum Gasteiger partial charge on any atom is -0.324 e. The Morgan fingerprint density at radius 2 is 1.67 bits per heavy atom. The van der Waals surface area contributed by atoms with E-state index in [9.17, 15) is 14.4 Å². The third-order valence-corrected chi connectivity index (χ3v) is 5.49. The van der Waals surface area contributed by atoms with Gasteiger partial charge in [0.15, 0.2) is 0 Å². The van der Waals surface area contributed by atoms with Crippen LogP contribution in [0.3, 0.4) is 0 Å². The van der Waals surface area contributed by atoms with Crippen molar-refractivity contribution in [2.24, 2.45) is 0 Å². The predicted molar refractivity (Wildman–Crippen MR) is 117 cm³/mol. The second-order valence-corrected chi connectivity index (χ2v) is 8.09. The third-order valence-electron chi connectivity index (χ3n) is 5.05. The average Bonchev–Trinajstić information content (AvgIpc) is 2.91. The number of benzene rings is 3. The van der Waals surface area contributed by atoms with Crippen molar-refractivity contribution in [1.29, 1.82) is 0 Å². The zero-order valence-electron chi connectivity index (χ0n) is 15.9. The van der Waals surface area contributed by atoms with E-state index in [1.54, 1.807) is 13.0 Å². The van der Waals surface area contributed by atoms with Gasteiger partial charge in [-0.05, 0) is 47.5 Å². The molecule has 0 aromatic heterocycles. The van der Waals surface area contributed by atoms with E-state index in [0.29, 0.717) is 21.3 Å². The van der Waals surface area contributed by atoms with Crippen molar-refractivity contribution in [3.63, 3.8) is 0 Å². The van der Waals surface area contributed by atoms with Crippen molar-refractivity contribution in [1.82, 2.24) is 10.2 Å². The lowest BCUT2D eigenvalue weighted by Crippen LogP contribution is -2.42. The summed E-state index contributed by atoms with van der Waals surface area (Å²) in [4.78, 5) is 38.9. The summed E-state index contributed by atoms with van der Waals surface area (Å²) >= 11 is 11.9. The molecule has 1 fully saturated rings. The molecule has 4 rings (SSSR count). The molecule has 0 bridgehead atoms. The first-order chi connectivity index (χ1) is 14.3. The number of hydrogen-bond donors (Lipinski definition) is 2. The summed E-state index contributed by atoms with van der Waals surface area (Å²) in [5.41, 5.74) is -0.244. The second kappa shape index (κ2) is 7.63. The minimum absolute atomic E-state index is 0.358. The molecule has 1 unspecified atom stereocenters. The number of imide groups is 1. The van der Waals surface area contributed by atoms with Crippen molar-refractivity contribution >= 4 is 57.5 Å². The molecule has 8 heteroatoms. The van der Waals surface area contributed by atoms with Gasteiger partial charge < -0.3 is 10.6 Å². The summed E-state index contributed by atoms with van der Waals surface area (Å²) in [6.07, 6.45) is 0. The van der Waals surface area contributed by atoms with Crippen LogP contribution < -0.4 is 10.6 Å². The maximum Gasteiger partial charge on any atom is 0.325 e. The number of nitrogens with zero attached hydrogens (tertiary/aromatic N) is 1. The summed E-state index contributed by atoms with van der Waals surface area (Å²) in [6, 6.07) is 17.3. The number of nitrogens with one attached hydrogen (secondary N) is 2. The molecular weight excluding hydrogens is 425 g/mol. The van der Waals surface area contributed by atoms with Gasteiger partial charge in [0, 0.05) is 15.7 Å². The smallest absolute Gasteiger partial charge is 0.324 e. The van der Waals surface area contributed by atoms with E-state index in [1.165, 1.54) is 18.2 Å². The highest BCUT2D eigenvalue weighted by Crippen LogP contribution is 2.31. The van der Waals surface area contributed by atoms with Crippen molar-refractivity contribution in [3.05, 3.63) is 76.3 Å². The highest BCUT2D eigenvalue weighted by molar-refractivity contribution is 6.35. The summed E-state index contributed by atoms with van der Waals surface area (Å²) in [5, 5.41) is 8.01. The van der Waals surface area contributed by atoms with E-state index in [-0.39, 0.29) is 0 Å².